The summed E-state index contributed by atoms with van der Waals surface area (Å²) in [5.74, 6) is -1.04. The number of rotatable bonds is 1. The van der Waals surface area contributed by atoms with Crippen LogP contribution in [0, 0.1) is 6.92 Å². The van der Waals surface area contributed by atoms with Gasteiger partial charge in [0.05, 0.1) is 0 Å². The number of halogens is 6. The molecule has 0 saturated carbocycles. The van der Waals surface area contributed by atoms with E-state index in [0.717, 1.165) is 0 Å². The van der Waals surface area contributed by atoms with Gasteiger partial charge in [-0.25, -0.2) is 4.98 Å². The van der Waals surface area contributed by atoms with Crippen molar-refractivity contribution in [3.8, 4) is 0 Å². The van der Waals surface area contributed by atoms with Gasteiger partial charge in [0.15, 0.2) is 5.82 Å². The van der Waals surface area contributed by atoms with Crippen molar-refractivity contribution in [3.63, 3.8) is 0 Å². The zero-order chi connectivity index (χ0) is 14.1. The second kappa shape index (κ2) is 5.69. The lowest BCUT2D eigenvalue weighted by molar-refractivity contribution is -0.115. The van der Waals surface area contributed by atoms with Crippen LogP contribution in [0.4, 0.5) is 5.95 Å². The first-order valence-corrected chi connectivity index (χ1v) is 6.45. The van der Waals surface area contributed by atoms with Crippen molar-refractivity contribution < 1.29 is 4.79 Å². The summed E-state index contributed by atoms with van der Waals surface area (Å²) in [6.45, 7) is 1.52. The van der Waals surface area contributed by atoms with Gasteiger partial charge in [-0.05, 0) is 6.92 Å². The lowest BCUT2D eigenvalue weighted by Gasteiger charge is -2.13. The maximum atomic E-state index is 11.4. The molecule has 100 valence electrons. The first-order chi connectivity index (χ1) is 8.00. The van der Waals surface area contributed by atoms with Gasteiger partial charge in [-0.15, -0.1) is 0 Å². The van der Waals surface area contributed by atoms with E-state index in [2.05, 4.69) is 20.3 Å². The highest BCUT2D eigenvalue weighted by molar-refractivity contribution is 6.76. The lowest BCUT2D eigenvalue weighted by Crippen LogP contribution is -2.28. The molecule has 1 amide bonds. The highest BCUT2D eigenvalue weighted by Gasteiger charge is 2.32. The topological polar surface area (TPSA) is 67.8 Å². The van der Waals surface area contributed by atoms with Crippen molar-refractivity contribution in [1.82, 2.24) is 15.0 Å². The highest BCUT2D eigenvalue weighted by atomic mass is 35.6. The number of carbonyl (C=O) groups is 1. The average Bonchev–Trinajstić information content (AvgIpc) is 2.13. The Kier molecular flexibility index (Phi) is 5.14. The highest BCUT2D eigenvalue weighted by Crippen LogP contribution is 2.36. The smallest absolute Gasteiger partial charge is 0.278 e. The van der Waals surface area contributed by atoms with E-state index in [1.54, 1.807) is 0 Å². The maximum absolute atomic E-state index is 11.4. The van der Waals surface area contributed by atoms with Crippen molar-refractivity contribution in [2.45, 2.75) is 14.5 Å². The van der Waals surface area contributed by atoms with Gasteiger partial charge in [-0.1, -0.05) is 69.6 Å². The lowest BCUT2D eigenvalue weighted by atomic mass is 10.6. The third kappa shape index (κ3) is 4.72. The van der Waals surface area contributed by atoms with Crippen LogP contribution in [0.5, 0.6) is 0 Å². The molecule has 0 atom stereocenters. The second-order valence-electron chi connectivity index (χ2n) is 2.98. The van der Waals surface area contributed by atoms with Gasteiger partial charge in [0, 0.05) is 0 Å². The van der Waals surface area contributed by atoms with Crippen LogP contribution in [0.15, 0.2) is 0 Å². The molecule has 0 radical (unpaired) electrons. The summed E-state index contributed by atoms with van der Waals surface area (Å²) in [5.41, 5.74) is 0. The Morgan fingerprint density at radius 3 is 2.06 bits per heavy atom. The van der Waals surface area contributed by atoms with E-state index in [9.17, 15) is 4.79 Å². The van der Waals surface area contributed by atoms with E-state index in [-0.39, 0.29) is 17.6 Å². The molecule has 11 heteroatoms. The number of aryl methyl sites for hydroxylation is 1. The Morgan fingerprint density at radius 1 is 1.06 bits per heavy atom. The van der Waals surface area contributed by atoms with Gasteiger partial charge in [0.1, 0.15) is 5.82 Å². The van der Waals surface area contributed by atoms with Crippen molar-refractivity contribution in [3.05, 3.63) is 11.6 Å². The number of anilines is 1. The van der Waals surface area contributed by atoms with Crippen LogP contribution in [-0.4, -0.2) is 24.7 Å². The number of amides is 1. The molecule has 0 aliphatic carbocycles. The van der Waals surface area contributed by atoms with E-state index in [1.807, 2.05) is 0 Å². The number of aromatic nitrogens is 3. The van der Waals surface area contributed by atoms with E-state index < -0.39 is 13.5 Å². The van der Waals surface area contributed by atoms with Crippen LogP contribution in [0.1, 0.15) is 11.6 Å². The van der Waals surface area contributed by atoms with Crippen molar-refractivity contribution in [1.29, 1.82) is 0 Å². The largest absolute Gasteiger partial charge is 0.291 e. The Labute approximate surface area is 132 Å². The van der Waals surface area contributed by atoms with Gasteiger partial charge in [-0.3, -0.25) is 10.1 Å². The van der Waals surface area contributed by atoms with Crippen molar-refractivity contribution >= 4 is 81.5 Å². The predicted molar refractivity (Wildman–Crippen MR) is 72.7 cm³/mol. The van der Waals surface area contributed by atoms with Crippen LogP contribution < -0.4 is 5.32 Å². The van der Waals surface area contributed by atoms with Gasteiger partial charge >= 0.3 is 0 Å². The van der Waals surface area contributed by atoms with E-state index in [1.165, 1.54) is 6.92 Å². The Hall–Kier alpha value is 0.220. The molecule has 18 heavy (non-hydrogen) atoms. The average molecular weight is 373 g/mol. The van der Waals surface area contributed by atoms with Crippen LogP contribution in [0.2, 0.25) is 0 Å². The molecule has 1 N–H and O–H groups in total. The monoisotopic (exact) mass is 370 g/mol. The summed E-state index contributed by atoms with van der Waals surface area (Å²) in [4.78, 5) is 22.7. The van der Waals surface area contributed by atoms with E-state index >= 15 is 0 Å². The first-order valence-electron chi connectivity index (χ1n) is 4.18. The van der Waals surface area contributed by atoms with Gasteiger partial charge in [0.25, 0.3) is 9.70 Å². The number of hydrogen-bond acceptors (Lipinski definition) is 4. The molecule has 1 rings (SSSR count). The summed E-state index contributed by atoms with van der Waals surface area (Å²) in [7, 11) is 0. The third-order valence-corrected chi connectivity index (χ3v) is 2.51. The second-order valence-corrected chi connectivity index (χ2v) is 7.54. The molecule has 0 unspecified atom stereocenters. The summed E-state index contributed by atoms with van der Waals surface area (Å²) in [6.07, 6.45) is 0. The molecule has 0 saturated heterocycles. The summed E-state index contributed by atoms with van der Waals surface area (Å²) in [5, 5.41) is 2.16. The minimum Gasteiger partial charge on any atom is -0.291 e. The van der Waals surface area contributed by atoms with Gasteiger partial charge in [-0.2, -0.15) is 9.97 Å². The Morgan fingerprint density at radius 2 is 1.61 bits per heavy atom. The third-order valence-electron chi connectivity index (χ3n) is 1.48. The quantitative estimate of drug-likeness (QED) is 0.768. The fourth-order valence-electron chi connectivity index (χ4n) is 0.837. The summed E-state index contributed by atoms with van der Waals surface area (Å²) >= 11 is 33.0. The summed E-state index contributed by atoms with van der Waals surface area (Å²) in [6, 6.07) is 0. The zero-order valence-corrected chi connectivity index (χ0v) is 13.1. The number of carbonyl (C=O) groups excluding carboxylic acids is 1. The van der Waals surface area contributed by atoms with Crippen LogP contribution in [0.3, 0.4) is 0 Å². The molecule has 0 aliphatic rings. The molecule has 1 aromatic heterocycles. The fourth-order valence-corrected chi connectivity index (χ4v) is 1.23. The minimum absolute atomic E-state index is 0.153. The van der Waals surface area contributed by atoms with E-state index in [4.69, 9.17) is 69.6 Å². The Bertz CT molecular complexity index is 468. The van der Waals surface area contributed by atoms with E-state index in [0.29, 0.717) is 0 Å². The number of alkyl halides is 6. The molecule has 0 spiro atoms. The molecule has 1 aromatic rings. The summed E-state index contributed by atoms with van der Waals surface area (Å²) < 4.78 is -4.01. The number of hydrogen-bond donors (Lipinski definition) is 1. The Balaban J connectivity index is 3.05. The van der Waals surface area contributed by atoms with Crippen molar-refractivity contribution in [2.75, 3.05) is 5.32 Å². The first kappa shape index (κ1) is 16.3. The molecular weight excluding hydrogens is 369 g/mol. The zero-order valence-electron chi connectivity index (χ0n) is 8.52. The standard InChI is InChI=1S/C7H4Cl6N4O/c1-2-14-3(6(8,9)10)16-5(15-2)17-4(18)7(11,12)13/h1H3,(H,14,15,16,17,18). The predicted octanol–water partition coefficient (Wildman–Crippen LogP) is 3.32. The molecule has 0 fully saturated rings. The van der Waals surface area contributed by atoms with Crippen LogP contribution >= 0.6 is 69.6 Å². The van der Waals surface area contributed by atoms with Gasteiger partial charge in [0.2, 0.25) is 9.74 Å². The minimum atomic E-state index is -2.15. The maximum Gasteiger partial charge on any atom is 0.278 e. The number of nitrogens with zero attached hydrogens (tertiary/aromatic N) is 3. The molecule has 5 nitrogen and oxygen atoms in total. The molecular formula is C7H4Cl6N4O. The van der Waals surface area contributed by atoms with Crippen LogP contribution in [0.25, 0.3) is 0 Å². The number of nitrogens with one attached hydrogen (secondary N) is 1. The SMILES string of the molecule is Cc1nc(NC(=O)C(Cl)(Cl)Cl)nc(C(Cl)(Cl)Cl)n1. The van der Waals surface area contributed by atoms with Crippen molar-refractivity contribution in [2.24, 2.45) is 0 Å². The molecule has 0 bridgehead atoms. The molecule has 1 heterocycles. The normalized spacial score (nSPS) is 12.4. The fraction of sp³-hybridized carbons (Fsp3) is 0.429. The van der Waals surface area contributed by atoms with Crippen LogP contribution in [-0.2, 0) is 8.59 Å². The van der Waals surface area contributed by atoms with Gasteiger partial charge < -0.3 is 0 Å². The molecule has 0 aromatic carbocycles. The molecule has 0 aliphatic heterocycles.